The summed E-state index contributed by atoms with van der Waals surface area (Å²) in [7, 11) is 1.60. The van der Waals surface area contributed by atoms with Crippen molar-refractivity contribution in [2.24, 2.45) is 5.73 Å². The first-order valence-corrected chi connectivity index (χ1v) is 11.2. The molecule has 4 aromatic rings. The molecule has 7 nitrogen and oxygen atoms in total. The molecule has 0 amide bonds. The molecule has 8 heteroatoms. The highest BCUT2D eigenvalue weighted by Gasteiger charge is 2.36. The van der Waals surface area contributed by atoms with Gasteiger partial charge in [0.25, 0.3) is 0 Å². The van der Waals surface area contributed by atoms with Crippen molar-refractivity contribution in [3.8, 4) is 34.7 Å². The monoisotopic (exact) mass is 484 g/mol. The number of nitrogens with two attached hydrogens (primary N) is 1. The summed E-state index contributed by atoms with van der Waals surface area (Å²) in [6, 6.07) is 25.0. The van der Waals surface area contributed by atoms with Crippen molar-refractivity contribution in [1.82, 2.24) is 10.2 Å². The second kappa shape index (κ2) is 9.45. The van der Waals surface area contributed by atoms with Gasteiger partial charge in [-0.25, -0.2) is 0 Å². The molecule has 0 aliphatic carbocycles. The number of benzene rings is 3. The van der Waals surface area contributed by atoms with Gasteiger partial charge < -0.3 is 19.9 Å². The predicted octanol–water partition coefficient (Wildman–Crippen LogP) is 5.54. The van der Waals surface area contributed by atoms with Crippen LogP contribution in [0.1, 0.15) is 22.6 Å². The maximum atomic E-state index is 10.0. The van der Waals surface area contributed by atoms with Gasteiger partial charge in [-0.15, -0.1) is 5.10 Å². The average Bonchev–Trinajstić information content (AvgIpc) is 3.31. The van der Waals surface area contributed by atoms with Crippen LogP contribution in [0.15, 0.2) is 84.3 Å². The minimum Gasteiger partial charge on any atom is -0.496 e. The van der Waals surface area contributed by atoms with E-state index in [0.717, 1.165) is 27.9 Å². The van der Waals surface area contributed by atoms with Crippen LogP contribution in [0.3, 0.4) is 0 Å². The number of H-pyrrole nitrogens is 1. The molecule has 3 aromatic carbocycles. The number of aromatic amines is 1. The number of nitriles is 1. The zero-order valence-electron chi connectivity index (χ0n) is 18.8. The first-order valence-electron chi connectivity index (χ1n) is 10.9. The van der Waals surface area contributed by atoms with E-state index in [9.17, 15) is 5.26 Å². The minimum atomic E-state index is -0.498. The van der Waals surface area contributed by atoms with E-state index in [1.165, 1.54) is 0 Å². The number of methoxy groups -OCH3 is 1. The van der Waals surface area contributed by atoms with Gasteiger partial charge in [-0.05, 0) is 35.4 Å². The molecule has 0 saturated carbocycles. The molecule has 35 heavy (non-hydrogen) atoms. The topological polar surface area (TPSA) is 106 Å². The summed E-state index contributed by atoms with van der Waals surface area (Å²) in [4.78, 5) is 0. The van der Waals surface area contributed by atoms with Gasteiger partial charge in [-0.3, -0.25) is 5.10 Å². The van der Waals surface area contributed by atoms with Crippen LogP contribution in [0, 0.1) is 11.3 Å². The molecule has 1 aliphatic heterocycles. The number of aromatic nitrogens is 2. The summed E-state index contributed by atoms with van der Waals surface area (Å²) in [5.41, 5.74) is 10.5. The Hall–Kier alpha value is -4.41. The van der Waals surface area contributed by atoms with E-state index in [0.29, 0.717) is 28.0 Å². The summed E-state index contributed by atoms with van der Waals surface area (Å²) in [6.45, 7) is 0.217. The maximum absolute atomic E-state index is 10.0. The summed E-state index contributed by atoms with van der Waals surface area (Å²) < 4.78 is 17.3. The van der Waals surface area contributed by atoms with E-state index < -0.39 is 5.92 Å². The van der Waals surface area contributed by atoms with Gasteiger partial charge in [0, 0.05) is 5.56 Å². The summed E-state index contributed by atoms with van der Waals surface area (Å²) in [5, 5.41) is 17.9. The zero-order valence-corrected chi connectivity index (χ0v) is 19.5. The first kappa shape index (κ1) is 22.4. The van der Waals surface area contributed by atoms with Gasteiger partial charge in [-0.2, -0.15) is 5.26 Å². The standard InChI is InChI=1S/C27H21ClN4O3/c1-33-21-12-11-17(13-18(21)15-34-22-10-6-5-9-20(22)28)23-19(14-29)26(30)35-27-24(23)25(31-32-27)16-7-3-2-4-8-16/h2-13,23H,15,30H2,1H3,(H,31,32)/t23-/m1/s1. The van der Waals surface area contributed by atoms with Crippen LogP contribution in [0.5, 0.6) is 17.4 Å². The Bertz CT molecular complexity index is 1460. The molecule has 0 saturated heterocycles. The second-order valence-corrected chi connectivity index (χ2v) is 8.31. The maximum Gasteiger partial charge on any atom is 0.244 e. The Labute approximate surface area is 207 Å². The van der Waals surface area contributed by atoms with E-state index in [1.807, 2.05) is 60.7 Å². The third-order valence-electron chi connectivity index (χ3n) is 5.86. The van der Waals surface area contributed by atoms with Crippen LogP contribution < -0.4 is 19.9 Å². The fourth-order valence-corrected chi connectivity index (χ4v) is 4.40. The first-order chi connectivity index (χ1) is 17.1. The summed E-state index contributed by atoms with van der Waals surface area (Å²) in [5.74, 6) is 1.09. The van der Waals surface area contributed by atoms with Gasteiger partial charge in [0.15, 0.2) is 0 Å². The van der Waals surface area contributed by atoms with Crippen LogP contribution in [-0.2, 0) is 6.61 Å². The van der Waals surface area contributed by atoms with Gasteiger partial charge in [0.1, 0.15) is 29.7 Å². The van der Waals surface area contributed by atoms with E-state index >= 15 is 0 Å². The molecule has 1 aliphatic rings. The molecule has 0 unspecified atom stereocenters. The van der Waals surface area contributed by atoms with E-state index in [-0.39, 0.29) is 12.5 Å². The molecule has 5 rings (SSSR count). The van der Waals surface area contributed by atoms with Crippen LogP contribution >= 0.6 is 11.6 Å². The number of hydrogen-bond donors (Lipinski definition) is 2. The minimum absolute atomic E-state index is 0.0285. The van der Waals surface area contributed by atoms with Crippen molar-refractivity contribution >= 4 is 11.6 Å². The number of para-hydroxylation sites is 1. The van der Waals surface area contributed by atoms with Crippen molar-refractivity contribution in [2.75, 3.05) is 7.11 Å². The number of fused-ring (bicyclic) bond motifs is 1. The third kappa shape index (κ3) is 4.16. The van der Waals surface area contributed by atoms with Crippen molar-refractivity contribution < 1.29 is 14.2 Å². The van der Waals surface area contributed by atoms with Crippen molar-refractivity contribution in [3.05, 3.63) is 106 Å². The van der Waals surface area contributed by atoms with Crippen LogP contribution in [0.25, 0.3) is 11.3 Å². The second-order valence-electron chi connectivity index (χ2n) is 7.90. The fourth-order valence-electron chi connectivity index (χ4n) is 4.21. The number of hydrogen-bond acceptors (Lipinski definition) is 6. The molecule has 0 fully saturated rings. The zero-order chi connectivity index (χ0) is 24.4. The van der Waals surface area contributed by atoms with E-state index in [2.05, 4.69) is 16.3 Å². The highest BCUT2D eigenvalue weighted by Crippen LogP contribution is 2.46. The van der Waals surface area contributed by atoms with Crippen molar-refractivity contribution in [2.45, 2.75) is 12.5 Å². The number of ether oxygens (including phenoxy) is 3. The van der Waals surface area contributed by atoms with Crippen molar-refractivity contribution in [3.63, 3.8) is 0 Å². The molecule has 1 atom stereocenters. The summed E-state index contributed by atoms with van der Waals surface area (Å²) >= 11 is 6.25. The largest absolute Gasteiger partial charge is 0.496 e. The van der Waals surface area contributed by atoms with Crippen LogP contribution in [0.4, 0.5) is 0 Å². The normalized spacial score (nSPS) is 14.6. The lowest BCUT2D eigenvalue weighted by atomic mass is 9.82. The molecular formula is C27H21ClN4O3. The lowest BCUT2D eigenvalue weighted by Crippen LogP contribution is -2.21. The highest BCUT2D eigenvalue weighted by atomic mass is 35.5. The fraction of sp³-hybridized carbons (Fsp3) is 0.111. The lowest BCUT2D eigenvalue weighted by Gasteiger charge is -2.25. The van der Waals surface area contributed by atoms with Gasteiger partial charge in [0.05, 0.1) is 29.3 Å². The number of rotatable bonds is 6. The Balaban J connectivity index is 1.60. The molecule has 174 valence electrons. The Morgan fingerprint density at radius 1 is 1.09 bits per heavy atom. The molecular weight excluding hydrogens is 464 g/mol. The number of nitrogens with one attached hydrogen (secondary N) is 1. The van der Waals surface area contributed by atoms with Gasteiger partial charge in [-0.1, -0.05) is 60.1 Å². The van der Waals surface area contributed by atoms with Gasteiger partial charge >= 0.3 is 0 Å². The summed E-state index contributed by atoms with van der Waals surface area (Å²) in [6.07, 6.45) is 0. The predicted molar refractivity (Wildman–Crippen MR) is 132 cm³/mol. The lowest BCUT2D eigenvalue weighted by molar-refractivity contribution is 0.296. The van der Waals surface area contributed by atoms with Crippen molar-refractivity contribution in [1.29, 1.82) is 5.26 Å². The number of halogens is 1. The molecule has 0 bridgehead atoms. The molecule has 3 N–H and O–H groups in total. The average molecular weight is 485 g/mol. The SMILES string of the molecule is COc1ccc([C@@H]2C(C#N)=C(N)Oc3n[nH]c(-c4ccccc4)c32)cc1COc1ccccc1Cl. The molecule has 0 radical (unpaired) electrons. The molecule has 2 heterocycles. The number of allylic oxidation sites excluding steroid dienone is 1. The van der Waals surface area contributed by atoms with Crippen LogP contribution in [0.2, 0.25) is 5.02 Å². The molecule has 0 spiro atoms. The smallest absolute Gasteiger partial charge is 0.244 e. The van der Waals surface area contributed by atoms with Crippen LogP contribution in [-0.4, -0.2) is 17.3 Å². The Kier molecular flexibility index (Phi) is 6.04. The Morgan fingerprint density at radius 2 is 1.86 bits per heavy atom. The van der Waals surface area contributed by atoms with E-state index in [1.54, 1.807) is 19.2 Å². The van der Waals surface area contributed by atoms with E-state index in [4.69, 9.17) is 31.5 Å². The third-order valence-corrected chi connectivity index (χ3v) is 6.17. The quantitative estimate of drug-likeness (QED) is 0.372. The molecule has 1 aromatic heterocycles. The highest BCUT2D eigenvalue weighted by molar-refractivity contribution is 6.32. The van der Waals surface area contributed by atoms with Gasteiger partial charge in [0.2, 0.25) is 11.8 Å². The number of nitrogens with zero attached hydrogens (tertiary/aromatic N) is 2. The Morgan fingerprint density at radius 3 is 2.60 bits per heavy atom.